The molecular weight excluding hydrogens is 208 g/mol. The Morgan fingerprint density at radius 2 is 2.12 bits per heavy atom. The van der Waals surface area contributed by atoms with E-state index in [1.165, 1.54) is 11.1 Å². The predicted molar refractivity (Wildman–Crippen MR) is 62.0 cm³/mol. The number of rotatable bonds is 4. The molecule has 0 radical (unpaired) electrons. The molecule has 0 aliphatic heterocycles. The Morgan fingerprint density at radius 1 is 1.38 bits per heavy atom. The Morgan fingerprint density at radius 3 is 2.69 bits per heavy atom. The molecule has 0 atom stereocenters. The van der Waals surface area contributed by atoms with Gasteiger partial charge in [-0.25, -0.2) is 14.8 Å². The average Bonchev–Trinajstić information content (AvgIpc) is 2.26. The van der Waals surface area contributed by atoms with Gasteiger partial charge in [-0.1, -0.05) is 0 Å². The van der Waals surface area contributed by atoms with Crippen LogP contribution in [0.3, 0.4) is 0 Å². The lowest BCUT2D eigenvalue weighted by molar-refractivity contribution is 0.218. The van der Waals surface area contributed by atoms with Crippen molar-refractivity contribution in [2.45, 2.75) is 0 Å². The first-order valence-electron chi connectivity index (χ1n) is 4.86. The largest absolute Gasteiger partial charge is 0.382 e. The van der Waals surface area contributed by atoms with Gasteiger partial charge < -0.3 is 21.3 Å². The number of hydrogen-bond donors (Lipinski definition) is 3. The summed E-state index contributed by atoms with van der Waals surface area (Å²) in [6.07, 6.45) is 3.02. The molecule has 1 rings (SSSR count). The van der Waals surface area contributed by atoms with E-state index in [-0.39, 0.29) is 6.03 Å². The van der Waals surface area contributed by atoms with Gasteiger partial charge in [-0.3, -0.25) is 0 Å². The summed E-state index contributed by atoms with van der Waals surface area (Å²) in [7, 11) is 3.38. The van der Waals surface area contributed by atoms with E-state index in [1.807, 2.05) is 0 Å². The van der Waals surface area contributed by atoms with E-state index in [1.54, 1.807) is 20.3 Å². The molecule has 4 N–H and O–H groups in total. The summed E-state index contributed by atoms with van der Waals surface area (Å²) in [6, 6.07) is -0.120. The zero-order valence-corrected chi connectivity index (χ0v) is 9.40. The average molecular weight is 224 g/mol. The lowest BCUT2D eigenvalue weighted by Crippen LogP contribution is -2.37. The normalized spacial score (nSPS) is 9.62. The number of anilines is 2. The molecule has 16 heavy (non-hydrogen) atoms. The number of aromatic nitrogens is 2. The van der Waals surface area contributed by atoms with Gasteiger partial charge in [-0.05, 0) is 0 Å². The lowest BCUT2D eigenvalue weighted by Gasteiger charge is -2.12. The van der Waals surface area contributed by atoms with E-state index in [0.29, 0.717) is 24.7 Å². The molecule has 0 fully saturated rings. The second kappa shape index (κ2) is 5.74. The summed E-state index contributed by atoms with van der Waals surface area (Å²) in [4.78, 5) is 20.5. The van der Waals surface area contributed by atoms with Crippen LogP contribution in [0.2, 0.25) is 0 Å². The molecule has 1 aromatic heterocycles. The van der Waals surface area contributed by atoms with Crippen molar-refractivity contribution in [1.82, 2.24) is 20.2 Å². The number of nitrogens with two attached hydrogens (primary N) is 1. The van der Waals surface area contributed by atoms with Crippen molar-refractivity contribution in [2.24, 2.45) is 0 Å². The van der Waals surface area contributed by atoms with Crippen molar-refractivity contribution >= 4 is 17.7 Å². The Balaban J connectivity index is 2.21. The van der Waals surface area contributed by atoms with E-state index in [0.717, 1.165) is 0 Å². The summed E-state index contributed by atoms with van der Waals surface area (Å²) in [5, 5.41) is 5.72. The minimum absolute atomic E-state index is 0.120. The smallest absolute Gasteiger partial charge is 0.316 e. The number of carbonyl (C=O) groups excluding carboxylic acids is 1. The van der Waals surface area contributed by atoms with E-state index < -0.39 is 0 Å². The quantitative estimate of drug-likeness (QED) is 0.612. The molecule has 0 saturated carbocycles. The van der Waals surface area contributed by atoms with Crippen molar-refractivity contribution < 1.29 is 4.79 Å². The molecule has 0 bridgehead atoms. The van der Waals surface area contributed by atoms with Gasteiger partial charge in [0.05, 0.1) is 12.4 Å². The second-order valence-corrected chi connectivity index (χ2v) is 3.38. The Labute approximate surface area is 94.1 Å². The van der Waals surface area contributed by atoms with Crippen LogP contribution in [0.5, 0.6) is 0 Å². The van der Waals surface area contributed by atoms with E-state index >= 15 is 0 Å². The van der Waals surface area contributed by atoms with Crippen molar-refractivity contribution in [3.63, 3.8) is 0 Å². The molecule has 7 nitrogen and oxygen atoms in total. The SMILES string of the molecule is CN(C)C(=O)NCCNc1cnc(N)cn1. The highest BCUT2D eigenvalue weighted by atomic mass is 16.2. The third kappa shape index (κ3) is 3.99. The lowest BCUT2D eigenvalue weighted by atomic mass is 10.5. The highest BCUT2D eigenvalue weighted by Gasteiger charge is 2.00. The van der Waals surface area contributed by atoms with Crippen molar-refractivity contribution in [2.75, 3.05) is 38.2 Å². The van der Waals surface area contributed by atoms with E-state index in [9.17, 15) is 4.79 Å². The van der Waals surface area contributed by atoms with Crippen LogP contribution in [0, 0.1) is 0 Å². The van der Waals surface area contributed by atoms with Crippen LogP contribution in [0.15, 0.2) is 12.4 Å². The number of nitrogens with zero attached hydrogens (tertiary/aromatic N) is 3. The van der Waals surface area contributed by atoms with Crippen LogP contribution >= 0.6 is 0 Å². The number of nitrogens with one attached hydrogen (secondary N) is 2. The van der Waals surface area contributed by atoms with Crippen molar-refractivity contribution in [3.8, 4) is 0 Å². The van der Waals surface area contributed by atoms with Crippen molar-refractivity contribution in [1.29, 1.82) is 0 Å². The van der Waals surface area contributed by atoms with E-state index in [2.05, 4.69) is 20.6 Å². The fourth-order valence-corrected chi connectivity index (χ4v) is 0.947. The molecule has 0 spiro atoms. The van der Waals surface area contributed by atoms with Crippen LogP contribution in [0.25, 0.3) is 0 Å². The third-order valence-corrected chi connectivity index (χ3v) is 1.79. The minimum atomic E-state index is -0.120. The first-order valence-corrected chi connectivity index (χ1v) is 4.86. The maximum atomic E-state index is 11.1. The number of urea groups is 1. The molecule has 0 aliphatic rings. The Hall–Kier alpha value is -2.05. The number of hydrogen-bond acceptors (Lipinski definition) is 5. The highest BCUT2D eigenvalue weighted by molar-refractivity contribution is 5.73. The summed E-state index contributed by atoms with van der Waals surface area (Å²) in [6.45, 7) is 1.10. The van der Waals surface area contributed by atoms with Crippen LogP contribution in [0.1, 0.15) is 0 Å². The van der Waals surface area contributed by atoms with Gasteiger partial charge in [0.1, 0.15) is 11.6 Å². The summed E-state index contributed by atoms with van der Waals surface area (Å²) in [5.41, 5.74) is 5.39. The van der Waals surface area contributed by atoms with Gasteiger partial charge in [0.2, 0.25) is 0 Å². The second-order valence-electron chi connectivity index (χ2n) is 3.38. The molecule has 0 aliphatic carbocycles. The first kappa shape index (κ1) is 12.0. The summed E-state index contributed by atoms with van der Waals surface area (Å²) in [5.74, 6) is 1.01. The number of nitrogen functional groups attached to an aromatic ring is 1. The molecule has 0 unspecified atom stereocenters. The minimum Gasteiger partial charge on any atom is -0.382 e. The number of carbonyl (C=O) groups is 1. The third-order valence-electron chi connectivity index (χ3n) is 1.79. The molecule has 1 aromatic rings. The monoisotopic (exact) mass is 224 g/mol. The highest BCUT2D eigenvalue weighted by Crippen LogP contribution is 2.00. The molecule has 88 valence electrons. The van der Waals surface area contributed by atoms with Gasteiger partial charge in [-0.15, -0.1) is 0 Å². The fourth-order valence-electron chi connectivity index (χ4n) is 0.947. The molecule has 0 aromatic carbocycles. The zero-order chi connectivity index (χ0) is 12.0. The molecule has 1 heterocycles. The predicted octanol–water partition coefficient (Wildman–Crippen LogP) is -0.258. The van der Waals surface area contributed by atoms with Crippen LogP contribution in [-0.2, 0) is 0 Å². The summed E-state index contributed by atoms with van der Waals surface area (Å²) >= 11 is 0. The van der Waals surface area contributed by atoms with Gasteiger partial charge in [0.15, 0.2) is 0 Å². The van der Waals surface area contributed by atoms with Gasteiger partial charge in [-0.2, -0.15) is 0 Å². The van der Waals surface area contributed by atoms with Crippen molar-refractivity contribution in [3.05, 3.63) is 12.4 Å². The standard InChI is InChI=1S/C9H16N6O/c1-15(2)9(16)12-4-3-11-8-6-13-7(10)5-14-8/h5-6H,3-4H2,1-2H3,(H2,10,13)(H,11,14)(H,12,16). The van der Waals surface area contributed by atoms with E-state index in [4.69, 9.17) is 5.73 Å². The fraction of sp³-hybridized carbons (Fsp3) is 0.444. The van der Waals surface area contributed by atoms with Gasteiger partial charge >= 0.3 is 6.03 Å². The molecular formula is C9H16N6O. The molecule has 2 amide bonds. The number of amides is 2. The Kier molecular flexibility index (Phi) is 4.31. The first-order chi connectivity index (χ1) is 7.59. The summed E-state index contributed by atoms with van der Waals surface area (Å²) < 4.78 is 0. The van der Waals surface area contributed by atoms with Crippen LogP contribution in [0.4, 0.5) is 16.4 Å². The maximum absolute atomic E-state index is 11.1. The maximum Gasteiger partial charge on any atom is 0.316 e. The Bertz CT molecular complexity index is 336. The molecule has 7 heteroatoms. The zero-order valence-electron chi connectivity index (χ0n) is 9.40. The van der Waals surface area contributed by atoms with Gasteiger partial charge in [0.25, 0.3) is 0 Å². The van der Waals surface area contributed by atoms with Crippen LogP contribution in [-0.4, -0.2) is 48.1 Å². The molecule has 0 saturated heterocycles. The topological polar surface area (TPSA) is 96.2 Å². The van der Waals surface area contributed by atoms with Gasteiger partial charge in [0, 0.05) is 27.2 Å². The van der Waals surface area contributed by atoms with Crippen LogP contribution < -0.4 is 16.4 Å².